The highest BCUT2D eigenvalue weighted by Gasteiger charge is 2.39. The van der Waals surface area contributed by atoms with Crippen LogP contribution >= 0.6 is 0 Å². The van der Waals surface area contributed by atoms with Crippen molar-refractivity contribution in [2.24, 2.45) is 5.92 Å². The van der Waals surface area contributed by atoms with Crippen LogP contribution in [0.5, 0.6) is 0 Å². The molecule has 7 heteroatoms. The fourth-order valence-electron chi connectivity index (χ4n) is 4.66. The van der Waals surface area contributed by atoms with Gasteiger partial charge in [0.1, 0.15) is 5.82 Å². The molecule has 2 fully saturated rings. The van der Waals surface area contributed by atoms with Gasteiger partial charge in [0.2, 0.25) is 11.8 Å². The molecule has 2 aromatic rings. The normalized spacial score (nSPS) is 22.6. The highest BCUT2D eigenvalue weighted by atomic mass is 16.2. The number of benzene rings is 1. The maximum absolute atomic E-state index is 13.2. The maximum atomic E-state index is 13.2. The third-order valence-electron chi connectivity index (χ3n) is 6.07. The first-order chi connectivity index (χ1) is 14.1. The van der Waals surface area contributed by atoms with Crippen molar-refractivity contribution in [1.82, 2.24) is 25.4 Å². The van der Waals surface area contributed by atoms with Crippen molar-refractivity contribution < 1.29 is 9.59 Å². The smallest absolute Gasteiger partial charge is 0.223 e. The number of carbonyl (C=O) groups excluding carboxylic acids is 2. The van der Waals surface area contributed by atoms with Gasteiger partial charge in [-0.2, -0.15) is 5.10 Å². The molecule has 4 rings (SSSR count). The number of aromatic amines is 1. The summed E-state index contributed by atoms with van der Waals surface area (Å²) in [6.45, 7) is 2.04. The van der Waals surface area contributed by atoms with Crippen LogP contribution in [-0.2, 0) is 9.59 Å². The average molecular weight is 396 g/mol. The van der Waals surface area contributed by atoms with Gasteiger partial charge in [-0.05, 0) is 25.2 Å². The van der Waals surface area contributed by atoms with Crippen molar-refractivity contribution in [3.05, 3.63) is 36.2 Å². The standard InChI is InChI=1S/C22H29N5O2/c1-15(28)23-18-13-19(22-24-21(25-26-22)17-10-6-3-7-11-17)27(14-18)20(29)12-16-8-4-2-5-9-16/h3,6-7,10-11,16,18-19H,2,4-5,8-9,12-14H2,1H3,(H,23,28)(H,24,25,26)/t18-,19-/m0/s1. The van der Waals surface area contributed by atoms with E-state index in [4.69, 9.17) is 0 Å². The van der Waals surface area contributed by atoms with Gasteiger partial charge in [0.15, 0.2) is 5.82 Å². The first-order valence-electron chi connectivity index (χ1n) is 10.6. The summed E-state index contributed by atoms with van der Waals surface area (Å²) in [5.41, 5.74) is 0.937. The van der Waals surface area contributed by atoms with Gasteiger partial charge in [-0.25, -0.2) is 4.98 Å². The van der Waals surface area contributed by atoms with Gasteiger partial charge in [-0.1, -0.05) is 49.6 Å². The summed E-state index contributed by atoms with van der Waals surface area (Å²) in [5.74, 6) is 1.88. The number of rotatable bonds is 5. The Labute approximate surface area is 171 Å². The summed E-state index contributed by atoms with van der Waals surface area (Å²) < 4.78 is 0. The fourth-order valence-corrected chi connectivity index (χ4v) is 4.66. The largest absolute Gasteiger partial charge is 0.352 e. The molecule has 0 bridgehead atoms. The zero-order valence-corrected chi connectivity index (χ0v) is 16.9. The van der Waals surface area contributed by atoms with Gasteiger partial charge in [-0.3, -0.25) is 14.7 Å². The van der Waals surface area contributed by atoms with Crippen LogP contribution in [0.4, 0.5) is 0 Å². The molecule has 154 valence electrons. The Balaban J connectivity index is 1.52. The van der Waals surface area contributed by atoms with Crippen LogP contribution in [0.2, 0.25) is 0 Å². The molecule has 2 heterocycles. The number of nitrogens with zero attached hydrogens (tertiary/aromatic N) is 3. The molecular formula is C22H29N5O2. The summed E-state index contributed by atoms with van der Waals surface area (Å²) in [7, 11) is 0. The first-order valence-corrected chi connectivity index (χ1v) is 10.6. The summed E-state index contributed by atoms with van der Waals surface area (Å²) in [6, 6.07) is 9.55. The van der Waals surface area contributed by atoms with Crippen molar-refractivity contribution in [2.45, 2.75) is 64.0 Å². The zero-order chi connectivity index (χ0) is 20.2. The Morgan fingerprint density at radius 3 is 2.66 bits per heavy atom. The summed E-state index contributed by atoms with van der Waals surface area (Å²) in [6.07, 6.45) is 7.24. The van der Waals surface area contributed by atoms with E-state index in [1.165, 1.54) is 26.2 Å². The van der Waals surface area contributed by atoms with E-state index in [2.05, 4.69) is 20.5 Å². The van der Waals surface area contributed by atoms with Crippen LogP contribution in [0.3, 0.4) is 0 Å². The lowest BCUT2D eigenvalue weighted by atomic mass is 9.86. The number of hydrogen-bond donors (Lipinski definition) is 2. The van der Waals surface area contributed by atoms with E-state index in [-0.39, 0.29) is 23.9 Å². The molecule has 1 saturated heterocycles. The van der Waals surface area contributed by atoms with E-state index >= 15 is 0 Å². The van der Waals surface area contributed by atoms with Gasteiger partial charge < -0.3 is 10.2 Å². The lowest BCUT2D eigenvalue weighted by Gasteiger charge is -2.27. The van der Waals surface area contributed by atoms with Crippen molar-refractivity contribution in [1.29, 1.82) is 0 Å². The minimum absolute atomic E-state index is 0.0573. The monoisotopic (exact) mass is 395 g/mol. The molecule has 2 atom stereocenters. The molecule has 2 N–H and O–H groups in total. The van der Waals surface area contributed by atoms with Crippen molar-refractivity contribution in [2.75, 3.05) is 6.54 Å². The third kappa shape index (κ3) is 4.66. The molecule has 1 aromatic heterocycles. The average Bonchev–Trinajstić information content (AvgIpc) is 3.36. The molecule has 1 aromatic carbocycles. The quantitative estimate of drug-likeness (QED) is 0.813. The number of amides is 2. The number of carbonyl (C=O) groups is 2. The maximum Gasteiger partial charge on any atom is 0.223 e. The molecule has 0 radical (unpaired) electrons. The predicted octanol–water partition coefficient (Wildman–Crippen LogP) is 3.22. The lowest BCUT2D eigenvalue weighted by Crippen LogP contribution is -2.38. The molecule has 29 heavy (non-hydrogen) atoms. The minimum Gasteiger partial charge on any atom is -0.352 e. The molecule has 1 saturated carbocycles. The molecule has 0 spiro atoms. The number of aromatic nitrogens is 3. The van der Waals surface area contributed by atoms with E-state index in [0.717, 1.165) is 18.4 Å². The minimum atomic E-state index is -0.187. The second-order valence-corrected chi connectivity index (χ2v) is 8.31. The third-order valence-corrected chi connectivity index (χ3v) is 6.07. The highest BCUT2D eigenvalue weighted by molar-refractivity contribution is 5.78. The van der Waals surface area contributed by atoms with Crippen molar-refractivity contribution >= 4 is 11.8 Å². The van der Waals surface area contributed by atoms with Crippen LogP contribution in [0.25, 0.3) is 11.4 Å². The Hall–Kier alpha value is -2.70. The second kappa shape index (κ2) is 8.76. The SMILES string of the molecule is CC(=O)N[C@H]1C[C@@H](c2nc(-c3ccccc3)n[nH]2)N(C(=O)CC2CCCCC2)C1. The molecule has 1 aliphatic carbocycles. The van der Waals surface area contributed by atoms with Crippen LogP contribution in [-0.4, -0.2) is 44.5 Å². The van der Waals surface area contributed by atoms with Crippen molar-refractivity contribution in [3.8, 4) is 11.4 Å². The van der Waals surface area contributed by atoms with E-state index < -0.39 is 0 Å². The summed E-state index contributed by atoms with van der Waals surface area (Å²) in [4.78, 5) is 31.3. The molecular weight excluding hydrogens is 366 g/mol. The van der Waals surface area contributed by atoms with E-state index in [0.29, 0.717) is 37.0 Å². The van der Waals surface area contributed by atoms with E-state index in [1.807, 2.05) is 35.2 Å². The van der Waals surface area contributed by atoms with Gasteiger partial charge in [0.05, 0.1) is 6.04 Å². The molecule has 2 amide bonds. The predicted molar refractivity (Wildman–Crippen MR) is 110 cm³/mol. The Morgan fingerprint density at radius 1 is 1.17 bits per heavy atom. The number of H-pyrrole nitrogens is 1. The van der Waals surface area contributed by atoms with E-state index in [1.54, 1.807) is 0 Å². The molecule has 7 nitrogen and oxygen atoms in total. The second-order valence-electron chi connectivity index (χ2n) is 8.31. The Kier molecular flexibility index (Phi) is 5.92. The Morgan fingerprint density at radius 2 is 1.93 bits per heavy atom. The topological polar surface area (TPSA) is 91.0 Å². The van der Waals surface area contributed by atoms with Gasteiger partial charge >= 0.3 is 0 Å². The number of nitrogens with one attached hydrogen (secondary N) is 2. The van der Waals surface area contributed by atoms with Crippen LogP contribution in [0, 0.1) is 5.92 Å². The van der Waals surface area contributed by atoms with Gasteiger partial charge in [0.25, 0.3) is 0 Å². The van der Waals surface area contributed by atoms with E-state index in [9.17, 15) is 9.59 Å². The summed E-state index contributed by atoms with van der Waals surface area (Å²) in [5, 5.41) is 10.4. The Bertz CT molecular complexity index is 844. The van der Waals surface area contributed by atoms with Crippen LogP contribution in [0.1, 0.15) is 63.7 Å². The van der Waals surface area contributed by atoms with Crippen LogP contribution < -0.4 is 5.32 Å². The first kappa shape index (κ1) is 19.6. The molecule has 2 aliphatic rings. The fraction of sp³-hybridized carbons (Fsp3) is 0.545. The van der Waals surface area contributed by atoms with Gasteiger partial charge in [-0.15, -0.1) is 0 Å². The van der Waals surface area contributed by atoms with Crippen molar-refractivity contribution in [3.63, 3.8) is 0 Å². The number of hydrogen-bond acceptors (Lipinski definition) is 4. The van der Waals surface area contributed by atoms with Gasteiger partial charge in [0, 0.05) is 31.5 Å². The van der Waals surface area contributed by atoms with Crippen LogP contribution in [0.15, 0.2) is 30.3 Å². The lowest BCUT2D eigenvalue weighted by molar-refractivity contribution is -0.133. The zero-order valence-electron chi connectivity index (χ0n) is 16.9. The molecule has 1 aliphatic heterocycles. The highest BCUT2D eigenvalue weighted by Crippen LogP contribution is 2.34. The summed E-state index contributed by atoms with van der Waals surface area (Å²) >= 11 is 0. The molecule has 0 unspecified atom stereocenters. The number of likely N-dealkylation sites (tertiary alicyclic amines) is 1.